The highest BCUT2D eigenvalue weighted by atomic mass is 32.1. The van der Waals surface area contributed by atoms with E-state index in [1.165, 1.54) is 27.8 Å². The van der Waals surface area contributed by atoms with Crippen molar-refractivity contribution in [2.24, 2.45) is 11.3 Å². The fourth-order valence-electron chi connectivity index (χ4n) is 4.62. The van der Waals surface area contributed by atoms with Crippen LogP contribution in [0.15, 0.2) is 40.8 Å². The van der Waals surface area contributed by atoms with Crippen molar-refractivity contribution < 1.29 is 9.53 Å². The number of ether oxygens (including phenoxy) is 1. The van der Waals surface area contributed by atoms with Crippen LogP contribution in [0.5, 0.6) is 0 Å². The van der Waals surface area contributed by atoms with Gasteiger partial charge in [0.2, 0.25) is 0 Å². The lowest BCUT2D eigenvalue weighted by Crippen LogP contribution is -2.32. The van der Waals surface area contributed by atoms with E-state index in [1.807, 2.05) is 17.5 Å². The molecular formula is C26H32N2O3S. The summed E-state index contributed by atoms with van der Waals surface area (Å²) in [4.78, 5) is 30.9. The van der Waals surface area contributed by atoms with E-state index in [0.717, 1.165) is 43.2 Å². The third kappa shape index (κ3) is 4.80. The maximum atomic E-state index is 13.2. The van der Waals surface area contributed by atoms with Gasteiger partial charge in [0.1, 0.15) is 17.5 Å². The summed E-state index contributed by atoms with van der Waals surface area (Å²) >= 11 is 1.45. The van der Waals surface area contributed by atoms with Crippen LogP contribution in [0.25, 0.3) is 21.3 Å². The molecule has 0 aliphatic heterocycles. The molecular weight excluding hydrogens is 420 g/mol. The van der Waals surface area contributed by atoms with Gasteiger partial charge in [-0.15, -0.1) is 11.3 Å². The van der Waals surface area contributed by atoms with Crippen molar-refractivity contribution in [1.29, 1.82) is 0 Å². The summed E-state index contributed by atoms with van der Waals surface area (Å²) in [5.41, 5.74) is 3.21. The number of aryl methyl sites for hydroxylation is 1. The van der Waals surface area contributed by atoms with Gasteiger partial charge in [-0.2, -0.15) is 0 Å². The first-order valence-electron chi connectivity index (χ1n) is 11.5. The van der Waals surface area contributed by atoms with Gasteiger partial charge in [-0.1, -0.05) is 52.0 Å². The SMILES string of the molecule is CCc1ccc(-c2csc3ncn(CC(=O)OC4CCC(C(C)(C)C)CC4)c(=O)c23)cc1. The molecule has 0 amide bonds. The number of aromatic nitrogens is 2. The smallest absolute Gasteiger partial charge is 0.326 e. The first-order chi connectivity index (χ1) is 15.3. The van der Waals surface area contributed by atoms with Crippen LogP contribution in [0, 0.1) is 11.3 Å². The van der Waals surface area contributed by atoms with E-state index < -0.39 is 0 Å². The number of benzene rings is 1. The number of hydrogen-bond donors (Lipinski definition) is 0. The molecule has 2 aromatic heterocycles. The quantitative estimate of drug-likeness (QED) is 0.457. The Labute approximate surface area is 193 Å². The normalized spacial score (nSPS) is 19.2. The fourth-order valence-corrected chi connectivity index (χ4v) is 5.53. The molecule has 0 atom stereocenters. The molecule has 0 unspecified atom stereocenters. The number of carbonyl (C=O) groups excluding carboxylic acids is 1. The molecule has 2 heterocycles. The van der Waals surface area contributed by atoms with Gasteiger partial charge in [0, 0.05) is 10.9 Å². The monoisotopic (exact) mass is 452 g/mol. The summed E-state index contributed by atoms with van der Waals surface area (Å²) < 4.78 is 7.10. The standard InChI is InChI=1S/C26H32N2O3S/c1-5-17-6-8-18(9-7-17)21-15-32-24-23(21)25(30)28(16-27-24)14-22(29)31-20-12-10-19(11-13-20)26(2,3)4/h6-9,15-16,19-20H,5,10-14H2,1-4H3. The fraction of sp³-hybridized carbons (Fsp3) is 0.500. The van der Waals surface area contributed by atoms with Gasteiger partial charge < -0.3 is 4.74 Å². The Balaban J connectivity index is 1.48. The minimum absolute atomic E-state index is 0.0534. The second kappa shape index (κ2) is 9.18. The van der Waals surface area contributed by atoms with Crippen molar-refractivity contribution in [3.8, 4) is 11.1 Å². The second-order valence-corrected chi connectivity index (χ2v) is 10.7. The maximum Gasteiger partial charge on any atom is 0.326 e. The number of carbonyl (C=O) groups is 1. The Morgan fingerprint density at radius 1 is 1.16 bits per heavy atom. The molecule has 0 bridgehead atoms. The molecule has 4 rings (SSSR count). The molecule has 0 spiro atoms. The van der Waals surface area contributed by atoms with E-state index >= 15 is 0 Å². The molecule has 0 saturated heterocycles. The number of nitrogens with zero attached hydrogens (tertiary/aromatic N) is 2. The lowest BCUT2D eigenvalue weighted by atomic mass is 9.72. The maximum absolute atomic E-state index is 13.2. The van der Waals surface area contributed by atoms with Crippen LogP contribution in [0.2, 0.25) is 0 Å². The van der Waals surface area contributed by atoms with Crippen LogP contribution < -0.4 is 5.56 Å². The van der Waals surface area contributed by atoms with Crippen LogP contribution in [0.3, 0.4) is 0 Å². The summed E-state index contributed by atoms with van der Waals surface area (Å²) in [6.07, 6.45) is 6.31. The van der Waals surface area contributed by atoms with Crippen molar-refractivity contribution in [1.82, 2.24) is 9.55 Å². The predicted molar refractivity (Wildman–Crippen MR) is 130 cm³/mol. The minimum atomic E-state index is -0.364. The van der Waals surface area contributed by atoms with E-state index in [2.05, 4.69) is 44.8 Å². The molecule has 1 fully saturated rings. The molecule has 0 N–H and O–H groups in total. The Morgan fingerprint density at radius 2 is 1.84 bits per heavy atom. The molecule has 1 aliphatic rings. The molecule has 1 aromatic carbocycles. The second-order valence-electron chi connectivity index (χ2n) is 9.89. The molecule has 1 saturated carbocycles. The van der Waals surface area contributed by atoms with Crippen LogP contribution in [0.4, 0.5) is 0 Å². The average molecular weight is 453 g/mol. The summed E-state index contributed by atoms with van der Waals surface area (Å²) in [6.45, 7) is 8.83. The highest BCUT2D eigenvalue weighted by molar-refractivity contribution is 7.17. The average Bonchev–Trinajstić information content (AvgIpc) is 3.20. The Morgan fingerprint density at radius 3 is 2.47 bits per heavy atom. The first-order valence-corrected chi connectivity index (χ1v) is 12.4. The minimum Gasteiger partial charge on any atom is -0.461 e. The van der Waals surface area contributed by atoms with Gasteiger partial charge in [0.15, 0.2) is 0 Å². The van der Waals surface area contributed by atoms with Crippen molar-refractivity contribution in [3.05, 3.63) is 51.9 Å². The van der Waals surface area contributed by atoms with Gasteiger partial charge in [0.05, 0.1) is 11.7 Å². The number of hydrogen-bond acceptors (Lipinski definition) is 5. The summed E-state index contributed by atoms with van der Waals surface area (Å²) in [7, 11) is 0. The van der Waals surface area contributed by atoms with Gasteiger partial charge in [0.25, 0.3) is 5.56 Å². The van der Waals surface area contributed by atoms with Crippen molar-refractivity contribution in [3.63, 3.8) is 0 Å². The zero-order valence-electron chi connectivity index (χ0n) is 19.4. The van der Waals surface area contributed by atoms with E-state index in [4.69, 9.17) is 4.74 Å². The zero-order chi connectivity index (χ0) is 22.9. The number of thiophene rings is 1. The van der Waals surface area contributed by atoms with E-state index in [9.17, 15) is 9.59 Å². The van der Waals surface area contributed by atoms with E-state index in [-0.39, 0.29) is 24.2 Å². The van der Waals surface area contributed by atoms with Crippen molar-refractivity contribution in [2.75, 3.05) is 0 Å². The van der Waals surface area contributed by atoms with E-state index in [0.29, 0.717) is 21.5 Å². The third-order valence-corrected chi connectivity index (χ3v) is 7.62. The molecule has 5 nitrogen and oxygen atoms in total. The Hall–Kier alpha value is -2.47. The van der Waals surface area contributed by atoms with Crippen LogP contribution in [-0.2, 0) is 22.5 Å². The van der Waals surface area contributed by atoms with Crippen LogP contribution in [-0.4, -0.2) is 21.6 Å². The topological polar surface area (TPSA) is 61.2 Å². The van der Waals surface area contributed by atoms with Gasteiger partial charge in [-0.3, -0.25) is 14.2 Å². The van der Waals surface area contributed by atoms with Gasteiger partial charge in [-0.25, -0.2) is 4.98 Å². The van der Waals surface area contributed by atoms with Gasteiger partial charge >= 0.3 is 5.97 Å². The summed E-state index contributed by atoms with van der Waals surface area (Å²) in [5, 5.41) is 2.54. The zero-order valence-corrected chi connectivity index (χ0v) is 20.2. The predicted octanol–water partition coefficient (Wildman–Crippen LogP) is 5.84. The summed E-state index contributed by atoms with van der Waals surface area (Å²) in [6, 6.07) is 8.25. The van der Waals surface area contributed by atoms with Crippen molar-refractivity contribution in [2.45, 2.75) is 72.4 Å². The van der Waals surface area contributed by atoms with Crippen molar-refractivity contribution >= 4 is 27.5 Å². The molecule has 3 aromatic rings. The summed E-state index contributed by atoms with van der Waals surface area (Å²) in [5.74, 6) is 0.298. The largest absolute Gasteiger partial charge is 0.461 e. The lowest BCUT2D eigenvalue weighted by molar-refractivity contribution is -0.152. The highest BCUT2D eigenvalue weighted by Crippen LogP contribution is 2.38. The molecule has 32 heavy (non-hydrogen) atoms. The number of fused-ring (bicyclic) bond motifs is 1. The molecule has 6 heteroatoms. The highest BCUT2D eigenvalue weighted by Gasteiger charge is 2.31. The molecule has 1 aliphatic carbocycles. The number of esters is 1. The van der Waals surface area contributed by atoms with Gasteiger partial charge in [-0.05, 0) is 54.6 Å². The molecule has 170 valence electrons. The first kappa shape index (κ1) is 22.7. The Kier molecular flexibility index (Phi) is 6.52. The van der Waals surface area contributed by atoms with E-state index in [1.54, 1.807) is 0 Å². The molecule has 0 radical (unpaired) electrons. The lowest BCUT2D eigenvalue weighted by Gasteiger charge is -2.36. The van der Waals surface area contributed by atoms with Crippen LogP contribution in [0.1, 0.15) is 58.9 Å². The number of rotatable bonds is 5. The van der Waals surface area contributed by atoms with Crippen LogP contribution >= 0.6 is 11.3 Å². The Bertz CT molecular complexity index is 1150. The third-order valence-electron chi connectivity index (χ3n) is 6.73.